The molecule has 0 radical (unpaired) electrons. The van der Waals surface area contributed by atoms with Gasteiger partial charge in [-0.3, -0.25) is 0 Å². The van der Waals surface area contributed by atoms with Crippen molar-refractivity contribution in [3.05, 3.63) is 23.8 Å². The van der Waals surface area contributed by atoms with E-state index in [-0.39, 0.29) is 5.97 Å². The maximum Gasteiger partial charge on any atom is 0.330 e. The van der Waals surface area contributed by atoms with Gasteiger partial charge in [0.2, 0.25) is 0 Å². The van der Waals surface area contributed by atoms with E-state index < -0.39 is 0 Å². The van der Waals surface area contributed by atoms with Crippen LogP contribution in [0.1, 0.15) is 183 Å². The fraction of sp³-hybridized carbons (Fsp3) is 0.865. The number of carbonyl (C=O) groups excluding carboxylic acids is 1. The first kappa shape index (κ1) is 38.0. The highest BCUT2D eigenvalue weighted by atomic mass is 16.5. The Morgan fingerprint density at radius 2 is 1.10 bits per heavy atom. The molecule has 0 fully saturated rings. The van der Waals surface area contributed by atoms with Crippen molar-refractivity contribution in [2.24, 2.45) is 17.8 Å². The summed E-state index contributed by atoms with van der Waals surface area (Å²) in [6.07, 6.45) is 34.9. The highest BCUT2D eigenvalue weighted by Crippen LogP contribution is 2.22. The van der Waals surface area contributed by atoms with E-state index in [1.807, 2.05) is 0 Å². The van der Waals surface area contributed by atoms with Crippen LogP contribution >= 0.6 is 0 Å². The molecule has 0 aliphatic heterocycles. The zero-order chi connectivity index (χ0) is 29.0. The van der Waals surface area contributed by atoms with Crippen LogP contribution in [0.3, 0.4) is 0 Å². The molecule has 39 heavy (non-hydrogen) atoms. The van der Waals surface area contributed by atoms with Crippen molar-refractivity contribution in [1.82, 2.24) is 0 Å². The monoisotopic (exact) mass is 547 g/mol. The molecule has 0 aromatic carbocycles. The van der Waals surface area contributed by atoms with Gasteiger partial charge in [-0.25, -0.2) is 4.79 Å². The number of rotatable bonds is 28. The first-order valence-corrected chi connectivity index (χ1v) is 17.3. The lowest BCUT2D eigenvalue weighted by atomic mass is 9.91. The second-order valence-corrected chi connectivity index (χ2v) is 13.1. The molecule has 230 valence electrons. The van der Waals surface area contributed by atoms with Crippen molar-refractivity contribution < 1.29 is 9.53 Å². The molecular formula is C37H70O2. The summed E-state index contributed by atoms with van der Waals surface area (Å²) in [4.78, 5) is 12.1. The van der Waals surface area contributed by atoms with Gasteiger partial charge in [0, 0.05) is 6.08 Å². The lowest BCUT2D eigenvalue weighted by Crippen LogP contribution is -2.03. The third-order valence-corrected chi connectivity index (χ3v) is 8.15. The number of allylic oxidation sites excluding steroid dienone is 3. The summed E-state index contributed by atoms with van der Waals surface area (Å²) in [6, 6.07) is 0. The molecule has 0 amide bonds. The van der Waals surface area contributed by atoms with E-state index in [4.69, 9.17) is 4.74 Å². The van der Waals surface area contributed by atoms with Crippen LogP contribution in [0.15, 0.2) is 23.8 Å². The van der Waals surface area contributed by atoms with Crippen LogP contribution in [0.5, 0.6) is 0 Å². The topological polar surface area (TPSA) is 26.3 Å². The largest absolute Gasteiger partial charge is 0.463 e. The van der Waals surface area contributed by atoms with Gasteiger partial charge in [0.15, 0.2) is 0 Å². The SMILES string of the molecule is CCCCCCC/C=C/CCCCCCCCOC(=O)/C=C(\C)CCCC(C)CCCC(C)CCCC(C)C. The van der Waals surface area contributed by atoms with Crippen LogP contribution in [0.2, 0.25) is 0 Å². The molecule has 0 aliphatic rings. The Bertz CT molecular complexity index is 588. The third kappa shape index (κ3) is 29.8. The predicted molar refractivity (Wildman–Crippen MR) is 174 cm³/mol. The summed E-state index contributed by atoms with van der Waals surface area (Å²) in [5, 5.41) is 0. The summed E-state index contributed by atoms with van der Waals surface area (Å²) in [5.41, 5.74) is 1.16. The summed E-state index contributed by atoms with van der Waals surface area (Å²) >= 11 is 0. The van der Waals surface area contributed by atoms with E-state index in [2.05, 4.69) is 53.7 Å². The molecule has 0 saturated heterocycles. The summed E-state index contributed by atoms with van der Waals surface area (Å²) in [5.74, 6) is 2.35. The maximum absolute atomic E-state index is 12.1. The van der Waals surface area contributed by atoms with Crippen LogP contribution in [0.4, 0.5) is 0 Å². The Morgan fingerprint density at radius 3 is 1.67 bits per heavy atom. The predicted octanol–water partition coefficient (Wildman–Crippen LogP) is 12.6. The van der Waals surface area contributed by atoms with Gasteiger partial charge in [-0.05, 0) is 69.6 Å². The smallest absolute Gasteiger partial charge is 0.330 e. The molecule has 0 spiro atoms. The molecule has 0 aromatic rings. The van der Waals surface area contributed by atoms with Crippen LogP contribution in [-0.4, -0.2) is 12.6 Å². The van der Waals surface area contributed by atoms with Gasteiger partial charge in [-0.15, -0.1) is 0 Å². The molecule has 2 atom stereocenters. The highest BCUT2D eigenvalue weighted by Gasteiger charge is 2.07. The fourth-order valence-corrected chi connectivity index (χ4v) is 5.37. The number of ether oxygens (including phenoxy) is 1. The zero-order valence-electron chi connectivity index (χ0n) is 27.5. The average Bonchev–Trinajstić information content (AvgIpc) is 2.88. The summed E-state index contributed by atoms with van der Waals surface area (Å²) < 4.78 is 5.45. The molecule has 0 rings (SSSR count). The van der Waals surface area contributed by atoms with E-state index >= 15 is 0 Å². The van der Waals surface area contributed by atoms with Crippen LogP contribution in [-0.2, 0) is 9.53 Å². The quantitative estimate of drug-likeness (QED) is 0.0422. The first-order valence-electron chi connectivity index (χ1n) is 17.3. The van der Waals surface area contributed by atoms with E-state index in [9.17, 15) is 4.79 Å². The normalized spacial score (nSPS) is 13.9. The summed E-state index contributed by atoms with van der Waals surface area (Å²) in [7, 11) is 0. The van der Waals surface area contributed by atoms with Crippen molar-refractivity contribution in [2.45, 2.75) is 183 Å². The van der Waals surface area contributed by atoms with Gasteiger partial charge in [0.25, 0.3) is 0 Å². The van der Waals surface area contributed by atoms with E-state index in [0.29, 0.717) is 6.61 Å². The van der Waals surface area contributed by atoms with E-state index in [0.717, 1.165) is 42.6 Å². The van der Waals surface area contributed by atoms with E-state index in [1.165, 1.54) is 122 Å². The molecule has 0 N–H and O–H groups in total. The number of hydrogen-bond acceptors (Lipinski definition) is 2. The van der Waals surface area contributed by atoms with Gasteiger partial charge >= 0.3 is 5.97 Å². The molecular weight excluding hydrogens is 476 g/mol. The molecule has 0 saturated carbocycles. The zero-order valence-corrected chi connectivity index (χ0v) is 27.5. The van der Waals surface area contributed by atoms with Gasteiger partial charge in [-0.1, -0.05) is 149 Å². The summed E-state index contributed by atoms with van der Waals surface area (Å²) in [6.45, 7) is 14.4. The highest BCUT2D eigenvalue weighted by molar-refractivity contribution is 5.82. The van der Waals surface area contributed by atoms with Gasteiger partial charge in [0.05, 0.1) is 6.61 Å². The fourth-order valence-electron chi connectivity index (χ4n) is 5.37. The van der Waals surface area contributed by atoms with Crippen molar-refractivity contribution in [2.75, 3.05) is 6.61 Å². The van der Waals surface area contributed by atoms with Crippen molar-refractivity contribution in [3.63, 3.8) is 0 Å². The number of unbranched alkanes of at least 4 members (excludes halogenated alkanes) is 11. The Balaban J connectivity index is 3.59. The van der Waals surface area contributed by atoms with Crippen LogP contribution < -0.4 is 0 Å². The number of esters is 1. The number of hydrogen-bond donors (Lipinski definition) is 0. The maximum atomic E-state index is 12.1. The molecule has 2 nitrogen and oxygen atoms in total. The Hall–Kier alpha value is -1.05. The third-order valence-electron chi connectivity index (χ3n) is 8.15. The first-order chi connectivity index (χ1) is 18.8. The Labute approximate surface area is 246 Å². The second-order valence-electron chi connectivity index (χ2n) is 13.1. The van der Waals surface area contributed by atoms with Crippen molar-refractivity contribution >= 4 is 5.97 Å². The Morgan fingerprint density at radius 1 is 0.615 bits per heavy atom. The number of carbonyl (C=O) groups is 1. The molecule has 0 heterocycles. The lowest BCUT2D eigenvalue weighted by Gasteiger charge is -2.15. The molecule has 2 unspecified atom stereocenters. The van der Waals surface area contributed by atoms with Gasteiger partial charge < -0.3 is 4.74 Å². The van der Waals surface area contributed by atoms with Gasteiger partial charge in [0.1, 0.15) is 0 Å². The van der Waals surface area contributed by atoms with Crippen LogP contribution in [0, 0.1) is 17.8 Å². The van der Waals surface area contributed by atoms with Crippen molar-refractivity contribution in [3.8, 4) is 0 Å². The van der Waals surface area contributed by atoms with Crippen LogP contribution in [0.25, 0.3) is 0 Å². The minimum Gasteiger partial charge on any atom is -0.463 e. The molecule has 2 heteroatoms. The molecule has 0 bridgehead atoms. The van der Waals surface area contributed by atoms with Gasteiger partial charge in [-0.2, -0.15) is 0 Å². The minimum absolute atomic E-state index is 0.149. The average molecular weight is 547 g/mol. The standard InChI is InChI=1S/C37H70O2/c1-7-8-9-10-11-12-13-14-15-16-17-18-19-20-21-31-39-37(38)32-36(6)30-24-29-35(5)28-23-27-34(4)26-22-25-33(2)3/h13-14,32-35H,7-12,15-31H2,1-6H3/b14-13+,36-32+. The Kier molecular flexibility index (Phi) is 27.7. The van der Waals surface area contributed by atoms with Crippen molar-refractivity contribution in [1.29, 1.82) is 0 Å². The molecule has 0 aromatic heterocycles. The van der Waals surface area contributed by atoms with E-state index in [1.54, 1.807) is 6.08 Å². The lowest BCUT2D eigenvalue weighted by molar-refractivity contribution is -0.137. The second kappa shape index (κ2) is 28.5. The molecule has 0 aliphatic carbocycles. The minimum atomic E-state index is -0.149.